The van der Waals surface area contributed by atoms with E-state index in [-0.39, 0.29) is 11.8 Å². The Morgan fingerprint density at radius 3 is 2.44 bits per heavy atom. The number of para-hydroxylation sites is 1. The van der Waals surface area contributed by atoms with Crippen LogP contribution in [0.5, 0.6) is 0 Å². The zero-order valence-corrected chi connectivity index (χ0v) is 19.7. The van der Waals surface area contributed by atoms with Crippen LogP contribution >= 0.6 is 0 Å². The number of hydrazine groups is 1. The summed E-state index contributed by atoms with van der Waals surface area (Å²) in [6.07, 6.45) is 7.92. The molecule has 2 aromatic carbocycles. The topological polar surface area (TPSA) is 88.7 Å². The summed E-state index contributed by atoms with van der Waals surface area (Å²) in [6.45, 7) is 2.63. The summed E-state index contributed by atoms with van der Waals surface area (Å²) < 4.78 is 5.55. The van der Waals surface area contributed by atoms with E-state index in [1.165, 1.54) is 0 Å². The Hall–Kier alpha value is -3.16. The van der Waals surface area contributed by atoms with Crippen molar-refractivity contribution in [3.8, 4) is 0 Å². The molecular weight excluding hydrogens is 430 g/mol. The average molecular weight is 466 g/mol. The zero-order valence-electron chi connectivity index (χ0n) is 19.7. The van der Waals surface area contributed by atoms with Gasteiger partial charge in [0.05, 0.1) is 17.5 Å². The lowest BCUT2D eigenvalue weighted by Crippen LogP contribution is -2.44. The molecule has 34 heavy (non-hydrogen) atoms. The van der Waals surface area contributed by atoms with Gasteiger partial charge in [-0.3, -0.25) is 20.4 Å². The highest BCUT2D eigenvalue weighted by Crippen LogP contribution is 2.24. The Kier molecular flexibility index (Phi) is 10.6. The van der Waals surface area contributed by atoms with Gasteiger partial charge in [-0.1, -0.05) is 74.0 Å². The SMILES string of the molecule is CCC[C@@H](C(=O)NNc1ccccc1)[C@H](C/C=C/c1ccccc1)C(=O)NOC1CCCCO1. The molecule has 1 aliphatic heterocycles. The first-order valence-electron chi connectivity index (χ1n) is 12.1. The molecular formula is C27H35N3O4. The number of amides is 2. The molecule has 0 spiro atoms. The maximum absolute atomic E-state index is 13.2. The first-order valence-corrected chi connectivity index (χ1v) is 12.1. The van der Waals surface area contributed by atoms with Gasteiger partial charge < -0.3 is 4.74 Å². The first-order chi connectivity index (χ1) is 16.7. The van der Waals surface area contributed by atoms with E-state index in [0.717, 1.165) is 36.9 Å². The Bertz CT molecular complexity index is 899. The number of hydrogen-bond acceptors (Lipinski definition) is 5. The van der Waals surface area contributed by atoms with Crippen LogP contribution in [0.25, 0.3) is 6.08 Å². The van der Waals surface area contributed by atoms with E-state index < -0.39 is 18.1 Å². The maximum Gasteiger partial charge on any atom is 0.247 e. The summed E-state index contributed by atoms with van der Waals surface area (Å²) in [6, 6.07) is 19.3. The van der Waals surface area contributed by atoms with Crippen molar-refractivity contribution in [2.75, 3.05) is 12.0 Å². The van der Waals surface area contributed by atoms with Crippen molar-refractivity contribution < 1.29 is 19.2 Å². The third-order valence-corrected chi connectivity index (χ3v) is 5.79. The van der Waals surface area contributed by atoms with Crippen molar-refractivity contribution in [3.63, 3.8) is 0 Å². The van der Waals surface area contributed by atoms with Crippen molar-refractivity contribution in [3.05, 3.63) is 72.3 Å². The summed E-state index contributed by atoms with van der Waals surface area (Å²) in [5.41, 5.74) is 10.1. The summed E-state index contributed by atoms with van der Waals surface area (Å²) in [5, 5.41) is 0. The third-order valence-electron chi connectivity index (χ3n) is 5.79. The number of benzene rings is 2. The quantitative estimate of drug-likeness (QED) is 0.390. The van der Waals surface area contributed by atoms with Crippen LogP contribution in [0.4, 0.5) is 5.69 Å². The van der Waals surface area contributed by atoms with E-state index in [9.17, 15) is 9.59 Å². The minimum absolute atomic E-state index is 0.229. The van der Waals surface area contributed by atoms with Crippen LogP contribution in [-0.4, -0.2) is 24.7 Å². The predicted molar refractivity (Wildman–Crippen MR) is 133 cm³/mol. The Labute approximate surface area is 201 Å². The fraction of sp³-hybridized carbons (Fsp3) is 0.407. The largest absolute Gasteiger partial charge is 0.350 e. The van der Waals surface area contributed by atoms with Gasteiger partial charge in [-0.2, -0.15) is 0 Å². The molecule has 1 saturated heterocycles. The summed E-state index contributed by atoms with van der Waals surface area (Å²) >= 11 is 0. The number of anilines is 1. The number of carbonyl (C=O) groups excluding carboxylic acids is 2. The predicted octanol–water partition coefficient (Wildman–Crippen LogP) is 4.84. The molecule has 7 heteroatoms. The molecule has 3 N–H and O–H groups in total. The number of ether oxygens (including phenoxy) is 1. The monoisotopic (exact) mass is 465 g/mol. The van der Waals surface area contributed by atoms with Gasteiger partial charge in [-0.15, -0.1) is 0 Å². The highest BCUT2D eigenvalue weighted by Gasteiger charge is 2.33. The van der Waals surface area contributed by atoms with Gasteiger partial charge in [0.25, 0.3) is 0 Å². The maximum atomic E-state index is 13.2. The van der Waals surface area contributed by atoms with Crippen molar-refractivity contribution in [1.82, 2.24) is 10.9 Å². The second-order valence-corrected chi connectivity index (χ2v) is 8.41. The minimum Gasteiger partial charge on any atom is -0.350 e. The second-order valence-electron chi connectivity index (χ2n) is 8.41. The molecule has 2 amide bonds. The van der Waals surface area contributed by atoms with Crippen LogP contribution in [-0.2, 0) is 19.2 Å². The number of rotatable bonds is 12. The Balaban J connectivity index is 1.69. The molecule has 182 valence electrons. The number of hydroxylamine groups is 1. The number of hydrogen-bond donors (Lipinski definition) is 3. The molecule has 7 nitrogen and oxygen atoms in total. The molecule has 3 rings (SSSR count). The van der Waals surface area contributed by atoms with Crippen molar-refractivity contribution in [1.29, 1.82) is 0 Å². The molecule has 1 unspecified atom stereocenters. The van der Waals surface area contributed by atoms with E-state index in [4.69, 9.17) is 9.57 Å². The Morgan fingerprint density at radius 2 is 1.76 bits per heavy atom. The molecule has 0 aromatic heterocycles. The van der Waals surface area contributed by atoms with Gasteiger partial charge in [-0.25, -0.2) is 10.3 Å². The smallest absolute Gasteiger partial charge is 0.247 e. The van der Waals surface area contributed by atoms with Crippen molar-refractivity contribution in [2.24, 2.45) is 11.8 Å². The van der Waals surface area contributed by atoms with Crippen LogP contribution in [0.3, 0.4) is 0 Å². The van der Waals surface area contributed by atoms with E-state index >= 15 is 0 Å². The van der Waals surface area contributed by atoms with Crippen molar-refractivity contribution in [2.45, 2.75) is 51.7 Å². The fourth-order valence-electron chi connectivity index (χ4n) is 3.95. The summed E-state index contributed by atoms with van der Waals surface area (Å²) in [5.74, 6) is -1.67. The minimum atomic E-state index is -0.596. The number of allylic oxidation sites excluding steroid dienone is 1. The van der Waals surface area contributed by atoms with Gasteiger partial charge in [-0.05, 0) is 43.4 Å². The zero-order chi connectivity index (χ0) is 24.0. The molecule has 3 atom stereocenters. The van der Waals surface area contributed by atoms with E-state index in [1.807, 2.05) is 79.7 Å². The van der Waals surface area contributed by atoms with Crippen LogP contribution in [0, 0.1) is 11.8 Å². The molecule has 1 heterocycles. The third kappa shape index (κ3) is 8.32. The highest BCUT2D eigenvalue weighted by molar-refractivity contribution is 5.88. The van der Waals surface area contributed by atoms with Crippen LogP contribution in [0.15, 0.2) is 66.7 Å². The molecule has 2 aromatic rings. The van der Waals surface area contributed by atoms with Crippen molar-refractivity contribution >= 4 is 23.6 Å². The summed E-state index contributed by atoms with van der Waals surface area (Å²) in [7, 11) is 0. The lowest BCUT2D eigenvalue weighted by Gasteiger charge is -2.27. The molecule has 1 fully saturated rings. The lowest BCUT2D eigenvalue weighted by atomic mass is 9.84. The normalized spacial score (nSPS) is 17.6. The van der Waals surface area contributed by atoms with Gasteiger partial charge in [0.1, 0.15) is 0 Å². The van der Waals surface area contributed by atoms with Crippen LogP contribution in [0.1, 0.15) is 51.0 Å². The average Bonchev–Trinajstić information content (AvgIpc) is 2.89. The summed E-state index contributed by atoms with van der Waals surface area (Å²) in [4.78, 5) is 31.9. The first kappa shape index (κ1) is 25.5. The van der Waals surface area contributed by atoms with E-state index in [0.29, 0.717) is 19.4 Å². The fourth-order valence-corrected chi connectivity index (χ4v) is 3.95. The van der Waals surface area contributed by atoms with E-state index in [1.54, 1.807) is 0 Å². The lowest BCUT2D eigenvalue weighted by molar-refractivity contribution is -0.202. The Morgan fingerprint density at radius 1 is 1.03 bits per heavy atom. The van der Waals surface area contributed by atoms with Gasteiger partial charge in [0, 0.05) is 13.0 Å². The molecule has 1 aliphatic rings. The van der Waals surface area contributed by atoms with Gasteiger partial charge in [0.2, 0.25) is 11.8 Å². The highest BCUT2D eigenvalue weighted by atomic mass is 16.8. The number of carbonyl (C=O) groups is 2. The van der Waals surface area contributed by atoms with Gasteiger partial charge in [0.15, 0.2) is 6.29 Å². The second kappa shape index (κ2) is 14.2. The molecule has 0 bridgehead atoms. The van der Waals surface area contributed by atoms with Gasteiger partial charge >= 0.3 is 0 Å². The molecule has 0 aliphatic carbocycles. The van der Waals surface area contributed by atoms with Crippen LogP contribution in [0.2, 0.25) is 0 Å². The van der Waals surface area contributed by atoms with Crippen LogP contribution < -0.4 is 16.3 Å². The molecule has 0 saturated carbocycles. The van der Waals surface area contributed by atoms with E-state index in [2.05, 4.69) is 16.3 Å². The molecule has 0 radical (unpaired) electrons. The standard InChI is InChI=1S/C27H35N3O4/c1-2-12-23(26(31)29-28-22-16-7-4-8-17-22)24(18-11-15-21-13-5-3-6-14-21)27(32)30-34-25-19-9-10-20-33-25/h3-8,11,13-17,23-25,28H,2,9-10,12,18-20H2,1H3,(H,29,31)(H,30,32)/b15-11+/t23-,24+,25?/m1/s1. The number of nitrogens with one attached hydrogen (secondary N) is 3.